The van der Waals surface area contributed by atoms with Crippen molar-refractivity contribution in [3.63, 3.8) is 0 Å². The summed E-state index contributed by atoms with van der Waals surface area (Å²) in [6.07, 6.45) is -2.30. The maximum Gasteiger partial charge on any atom is 0.416 e. The number of aromatic nitrogens is 2. The third kappa shape index (κ3) is 2.93. The van der Waals surface area contributed by atoms with Crippen molar-refractivity contribution in [2.75, 3.05) is 12.3 Å². The van der Waals surface area contributed by atoms with Gasteiger partial charge >= 0.3 is 6.18 Å². The van der Waals surface area contributed by atoms with Gasteiger partial charge in [-0.3, -0.25) is 0 Å². The zero-order valence-corrected chi connectivity index (χ0v) is 10.7. The van der Waals surface area contributed by atoms with Gasteiger partial charge in [-0.1, -0.05) is 18.2 Å². The number of nitrogens with zero attached hydrogens (tertiary/aromatic N) is 2. The van der Waals surface area contributed by atoms with Crippen LogP contribution in [0, 0.1) is 0 Å². The molecule has 0 atom stereocenters. The van der Waals surface area contributed by atoms with Crippen molar-refractivity contribution in [2.45, 2.75) is 19.1 Å². The number of alkyl halides is 3. The summed E-state index contributed by atoms with van der Waals surface area (Å²) in [7, 11) is 0. The van der Waals surface area contributed by atoms with Crippen molar-refractivity contribution in [3.8, 4) is 0 Å². The highest BCUT2D eigenvalue weighted by atomic mass is 19.4. The number of rotatable bonds is 4. The van der Waals surface area contributed by atoms with Gasteiger partial charge in [0.1, 0.15) is 5.82 Å². The molecule has 0 bridgehead atoms. The molecule has 2 aromatic rings. The SMILES string of the molecule is NCCc1cnn(Cc2ccccc2C(F)(F)F)c1N. The quantitative estimate of drug-likeness (QED) is 0.902. The van der Waals surface area contributed by atoms with Crippen LogP contribution in [-0.2, 0) is 19.1 Å². The molecule has 1 heterocycles. The Balaban J connectivity index is 2.31. The average Bonchev–Trinajstić information content (AvgIpc) is 2.72. The monoisotopic (exact) mass is 284 g/mol. The Morgan fingerprint density at radius 2 is 1.85 bits per heavy atom. The zero-order valence-electron chi connectivity index (χ0n) is 10.7. The summed E-state index contributed by atoms with van der Waals surface area (Å²) in [5.74, 6) is 0.354. The van der Waals surface area contributed by atoms with Crippen LogP contribution in [0.1, 0.15) is 16.7 Å². The fraction of sp³-hybridized carbons (Fsp3) is 0.308. The number of nitrogens with two attached hydrogens (primary N) is 2. The van der Waals surface area contributed by atoms with E-state index >= 15 is 0 Å². The highest BCUT2D eigenvalue weighted by Gasteiger charge is 2.33. The van der Waals surface area contributed by atoms with Crippen LogP contribution < -0.4 is 11.5 Å². The molecule has 20 heavy (non-hydrogen) atoms. The number of hydrogen-bond donors (Lipinski definition) is 2. The van der Waals surface area contributed by atoms with Crippen LogP contribution >= 0.6 is 0 Å². The summed E-state index contributed by atoms with van der Waals surface area (Å²) >= 11 is 0. The van der Waals surface area contributed by atoms with Crippen molar-refractivity contribution in [1.29, 1.82) is 0 Å². The summed E-state index contributed by atoms with van der Waals surface area (Å²) in [6.45, 7) is 0.390. The molecule has 0 aliphatic heterocycles. The molecule has 1 aromatic carbocycles. The average molecular weight is 284 g/mol. The van der Waals surface area contributed by atoms with Gasteiger partial charge in [0.25, 0.3) is 0 Å². The van der Waals surface area contributed by atoms with Gasteiger partial charge in [-0.05, 0) is 24.6 Å². The Labute approximate surface area is 114 Å². The molecule has 0 saturated carbocycles. The topological polar surface area (TPSA) is 69.9 Å². The first-order valence-corrected chi connectivity index (χ1v) is 6.09. The summed E-state index contributed by atoms with van der Waals surface area (Å²) in [5, 5.41) is 4.02. The molecule has 0 radical (unpaired) electrons. The van der Waals surface area contributed by atoms with Crippen LogP contribution in [0.5, 0.6) is 0 Å². The normalized spacial score (nSPS) is 11.8. The number of halogens is 3. The van der Waals surface area contributed by atoms with E-state index in [0.717, 1.165) is 11.6 Å². The van der Waals surface area contributed by atoms with Crippen LogP contribution in [0.15, 0.2) is 30.5 Å². The molecule has 0 unspecified atom stereocenters. The lowest BCUT2D eigenvalue weighted by Gasteiger charge is -2.13. The van der Waals surface area contributed by atoms with E-state index in [9.17, 15) is 13.2 Å². The van der Waals surface area contributed by atoms with Crippen molar-refractivity contribution in [2.24, 2.45) is 5.73 Å². The van der Waals surface area contributed by atoms with E-state index in [0.29, 0.717) is 18.8 Å². The Kier molecular flexibility index (Phi) is 3.99. The number of nitrogen functional groups attached to an aromatic ring is 1. The van der Waals surface area contributed by atoms with Crippen molar-refractivity contribution >= 4 is 5.82 Å². The van der Waals surface area contributed by atoms with E-state index in [-0.39, 0.29) is 12.1 Å². The van der Waals surface area contributed by atoms with Gasteiger partial charge in [0.05, 0.1) is 18.3 Å². The predicted molar refractivity (Wildman–Crippen MR) is 69.9 cm³/mol. The summed E-state index contributed by atoms with van der Waals surface area (Å²) in [4.78, 5) is 0. The molecular formula is C13H15F3N4. The van der Waals surface area contributed by atoms with Crippen LogP contribution in [-0.4, -0.2) is 16.3 Å². The zero-order chi connectivity index (χ0) is 14.8. The Morgan fingerprint density at radius 3 is 2.50 bits per heavy atom. The second kappa shape index (κ2) is 5.54. The lowest BCUT2D eigenvalue weighted by molar-refractivity contribution is -0.138. The van der Waals surface area contributed by atoms with Gasteiger partial charge in [-0.25, -0.2) is 4.68 Å². The Hall–Kier alpha value is -2.02. The maximum absolute atomic E-state index is 12.9. The second-order valence-corrected chi connectivity index (χ2v) is 4.41. The molecule has 0 amide bonds. The molecule has 4 N–H and O–H groups in total. The fourth-order valence-corrected chi connectivity index (χ4v) is 2.00. The molecule has 0 aliphatic rings. The van der Waals surface area contributed by atoms with E-state index in [1.165, 1.54) is 16.8 Å². The van der Waals surface area contributed by atoms with Crippen LogP contribution in [0.2, 0.25) is 0 Å². The molecule has 4 nitrogen and oxygen atoms in total. The predicted octanol–water partition coefficient (Wildman–Crippen LogP) is 2.03. The molecule has 0 aliphatic carbocycles. The van der Waals surface area contributed by atoms with Gasteiger partial charge in [0.15, 0.2) is 0 Å². The smallest absolute Gasteiger partial charge is 0.384 e. The first kappa shape index (κ1) is 14.4. The molecule has 0 spiro atoms. The molecule has 108 valence electrons. The minimum atomic E-state index is -4.39. The molecule has 1 aromatic heterocycles. The molecule has 0 saturated heterocycles. The minimum Gasteiger partial charge on any atom is -0.384 e. The van der Waals surface area contributed by atoms with Crippen molar-refractivity contribution in [3.05, 3.63) is 47.2 Å². The van der Waals surface area contributed by atoms with E-state index < -0.39 is 11.7 Å². The second-order valence-electron chi connectivity index (χ2n) is 4.41. The summed E-state index contributed by atoms with van der Waals surface area (Å²) in [5.41, 5.74) is 11.5. The third-order valence-corrected chi connectivity index (χ3v) is 3.02. The Bertz CT molecular complexity index is 590. The standard InChI is InChI=1S/C13H15F3N4/c14-13(15,16)11-4-2-1-3-10(11)8-20-12(18)9(5-6-17)7-19-20/h1-4,7H,5-6,8,17-18H2. The van der Waals surface area contributed by atoms with Gasteiger partial charge < -0.3 is 11.5 Å². The molecule has 0 fully saturated rings. The highest BCUT2D eigenvalue weighted by molar-refractivity contribution is 5.40. The molecule has 7 heteroatoms. The summed E-state index contributed by atoms with van der Waals surface area (Å²) in [6, 6.07) is 5.39. The number of hydrogen-bond acceptors (Lipinski definition) is 3. The van der Waals surface area contributed by atoms with Crippen LogP contribution in [0.4, 0.5) is 19.0 Å². The van der Waals surface area contributed by atoms with Gasteiger partial charge in [0.2, 0.25) is 0 Å². The first-order chi connectivity index (χ1) is 9.43. The van der Waals surface area contributed by atoms with Crippen LogP contribution in [0.3, 0.4) is 0 Å². The largest absolute Gasteiger partial charge is 0.416 e. The van der Waals surface area contributed by atoms with E-state index in [1.807, 2.05) is 0 Å². The molecule has 2 rings (SSSR count). The lowest BCUT2D eigenvalue weighted by Crippen LogP contribution is -2.14. The third-order valence-electron chi connectivity index (χ3n) is 3.02. The lowest BCUT2D eigenvalue weighted by atomic mass is 10.1. The van der Waals surface area contributed by atoms with E-state index in [4.69, 9.17) is 11.5 Å². The van der Waals surface area contributed by atoms with Gasteiger partial charge in [0, 0.05) is 5.56 Å². The van der Waals surface area contributed by atoms with Crippen molar-refractivity contribution in [1.82, 2.24) is 9.78 Å². The van der Waals surface area contributed by atoms with Gasteiger partial charge in [-0.2, -0.15) is 18.3 Å². The molecular weight excluding hydrogens is 269 g/mol. The minimum absolute atomic E-state index is 0.0217. The van der Waals surface area contributed by atoms with Crippen molar-refractivity contribution < 1.29 is 13.2 Å². The van der Waals surface area contributed by atoms with Crippen LogP contribution in [0.25, 0.3) is 0 Å². The van der Waals surface area contributed by atoms with E-state index in [1.54, 1.807) is 12.3 Å². The number of benzene rings is 1. The fourth-order valence-electron chi connectivity index (χ4n) is 2.00. The first-order valence-electron chi connectivity index (χ1n) is 6.09. The number of anilines is 1. The maximum atomic E-state index is 12.9. The summed E-state index contributed by atoms with van der Waals surface area (Å²) < 4.78 is 40.1. The Morgan fingerprint density at radius 1 is 1.15 bits per heavy atom. The van der Waals surface area contributed by atoms with E-state index in [2.05, 4.69) is 5.10 Å². The highest BCUT2D eigenvalue weighted by Crippen LogP contribution is 2.32. The van der Waals surface area contributed by atoms with Gasteiger partial charge in [-0.15, -0.1) is 0 Å².